The summed E-state index contributed by atoms with van der Waals surface area (Å²) in [4.78, 5) is 11.5. The lowest BCUT2D eigenvalue weighted by Crippen LogP contribution is -2.40. The highest BCUT2D eigenvalue weighted by atomic mass is 32.2. The largest absolute Gasteiger partial charge is 0.394 e. The lowest BCUT2D eigenvalue weighted by molar-refractivity contribution is -0.125. The quantitative estimate of drug-likeness (QED) is 0.704. The molecule has 0 aromatic rings. The first-order chi connectivity index (χ1) is 6.27. The maximum Gasteiger partial charge on any atom is 0.224 e. The van der Waals surface area contributed by atoms with Crippen LogP contribution in [0.4, 0.5) is 0 Å². The molecule has 13 heavy (non-hydrogen) atoms. The summed E-state index contributed by atoms with van der Waals surface area (Å²) in [5.41, 5.74) is 0. The average Bonchev–Trinajstić information content (AvgIpc) is 2.66. The number of aliphatic hydroxyl groups excluding tert-OH is 1. The minimum Gasteiger partial charge on any atom is -0.394 e. The van der Waals surface area contributed by atoms with Crippen molar-refractivity contribution >= 4 is 17.7 Å². The molecule has 1 aliphatic rings. The molecule has 0 aromatic heterocycles. The molecule has 1 unspecified atom stereocenters. The normalized spacial score (nSPS) is 24.3. The van der Waals surface area contributed by atoms with E-state index in [1.807, 2.05) is 18.7 Å². The van der Waals surface area contributed by atoms with Crippen molar-refractivity contribution in [2.75, 3.05) is 18.1 Å². The number of amides is 1. The Balaban J connectivity index is 2.30. The van der Waals surface area contributed by atoms with E-state index in [0.29, 0.717) is 0 Å². The molecule has 2 atom stereocenters. The molecule has 1 heterocycles. The van der Waals surface area contributed by atoms with Gasteiger partial charge in [0.25, 0.3) is 0 Å². The predicted molar refractivity (Wildman–Crippen MR) is 54.7 cm³/mol. The Labute approximate surface area is 83.3 Å². The second kappa shape index (κ2) is 5.50. The Hall–Kier alpha value is -0.220. The summed E-state index contributed by atoms with van der Waals surface area (Å²) in [5.74, 6) is 2.32. The van der Waals surface area contributed by atoms with Gasteiger partial charge < -0.3 is 10.4 Å². The Kier molecular flexibility index (Phi) is 4.59. The van der Waals surface area contributed by atoms with Crippen molar-refractivity contribution < 1.29 is 9.90 Å². The monoisotopic (exact) mass is 203 g/mol. The summed E-state index contributed by atoms with van der Waals surface area (Å²) < 4.78 is 0. The third-order valence-electron chi connectivity index (χ3n) is 2.36. The maximum atomic E-state index is 11.5. The van der Waals surface area contributed by atoms with Crippen LogP contribution in [0.3, 0.4) is 0 Å². The van der Waals surface area contributed by atoms with E-state index in [4.69, 9.17) is 5.11 Å². The predicted octanol–water partition coefficient (Wildman–Crippen LogP) is 0.627. The van der Waals surface area contributed by atoms with Gasteiger partial charge in [-0.05, 0) is 18.6 Å². The Morgan fingerprint density at radius 3 is 3.00 bits per heavy atom. The van der Waals surface area contributed by atoms with Crippen LogP contribution < -0.4 is 5.32 Å². The number of nitrogens with one attached hydrogen (secondary N) is 1. The Morgan fingerprint density at radius 1 is 1.77 bits per heavy atom. The first-order valence-electron chi connectivity index (χ1n) is 4.77. The number of hydrogen-bond donors (Lipinski definition) is 2. The van der Waals surface area contributed by atoms with Crippen LogP contribution in [0.25, 0.3) is 0 Å². The highest BCUT2D eigenvalue weighted by Crippen LogP contribution is 2.23. The van der Waals surface area contributed by atoms with Gasteiger partial charge in [0.2, 0.25) is 5.91 Å². The van der Waals surface area contributed by atoms with Crippen molar-refractivity contribution in [3.05, 3.63) is 0 Å². The van der Waals surface area contributed by atoms with Crippen LogP contribution in [0, 0.1) is 5.92 Å². The van der Waals surface area contributed by atoms with E-state index in [1.165, 1.54) is 0 Å². The first-order valence-corrected chi connectivity index (χ1v) is 5.92. The van der Waals surface area contributed by atoms with Gasteiger partial charge in [0.1, 0.15) is 0 Å². The van der Waals surface area contributed by atoms with Crippen molar-refractivity contribution in [1.82, 2.24) is 5.32 Å². The summed E-state index contributed by atoms with van der Waals surface area (Å²) in [6.07, 6.45) is 1.78. The number of aliphatic hydroxyl groups is 1. The van der Waals surface area contributed by atoms with E-state index in [9.17, 15) is 4.79 Å². The van der Waals surface area contributed by atoms with Gasteiger partial charge in [0.05, 0.1) is 12.6 Å². The molecule has 76 valence electrons. The van der Waals surface area contributed by atoms with Crippen molar-refractivity contribution in [2.24, 2.45) is 5.92 Å². The summed E-state index contributed by atoms with van der Waals surface area (Å²) in [5, 5.41) is 11.8. The molecule has 0 radical (unpaired) electrons. The van der Waals surface area contributed by atoms with Crippen LogP contribution >= 0.6 is 11.8 Å². The first kappa shape index (κ1) is 10.9. The van der Waals surface area contributed by atoms with Gasteiger partial charge in [0, 0.05) is 11.7 Å². The fourth-order valence-electron chi connectivity index (χ4n) is 1.34. The molecule has 4 heteroatoms. The second-order valence-corrected chi connectivity index (χ2v) is 4.51. The van der Waals surface area contributed by atoms with Crippen molar-refractivity contribution in [3.8, 4) is 0 Å². The zero-order valence-corrected chi connectivity index (χ0v) is 8.77. The molecule has 0 aliphatic carbocycles. The molecule has 1 fully saturated rings. The van der Waals surface area contributed by atoms with Crippen LogP contribution in [-0.4, -0.2) is 35.2 Å². The number of rotatable bonds is 4. The Morgan fingerprint density at radius 2 is 2.54 bits per heavy atom. The molecular weight excluding hydrogens is 186 g/mol. The molecule has 0 aromatic carbocycles. The highest BCUT2D eigenvalue weighted by molar-refractivity contribution is 7.99. The zero-order chi connectivity index (χ0) is 9.68. The minimum atomic E-state index is -0.0573. The lowest BCUT2D eigenvalue weighted by Gasteiger charge is -2.16. The molecule has 1 aliphatic heterocycles. The van der Waals surface area contributed by atoms with Gasteiger partial charge in [-0.3, -0.25) is 4.79 Å². The lowest BCUT2D eigenvalue weighted by atomic mass is 10.1. The number of carbonyl (C=O) groups excluding carboxylic acids is 1. The Bertz CT molecular complexity index is 165. The van der Waals surface area contributed by atoms with E-state index in [2.05, 4.69) is 5.32 Å². The molecule has 1 rings (SSSR count). The van der Waals surface area contributed by atoms with Gasteiger partial charge >= 0.3 is 0 Å². The highest BCUT2D eigenvalue weighted by Gasteiger charge is 2.24. The summed E-state index contributed by atoms with van der Waals surface area (Å²) >= 11 is 1.83. The maximum absolute atomic E-state index is 11.5. The molecular formula is C9H17NO2S. The van der Waals surface area contributed by atoms with E-state index < -0.39 is 0 Å². The minimum absolute atomic E-state index is 0.0438. The molecule has 3 nitrogen and oxygen atoms in total. The third kappa shape index (κ3) is 3.19. The van der Waals surface area contributed by atoms with E-state index in [1.54, 1.807) is 0 Å². The number of carbonyl (C=O) groups is 1. The number of hydrogen-bond acceptors (Lipinski definition) is 3. The molecule has 1 saturated heterocycles. The summed E-state index contributed by atoms with van der Waals surface area (Å²) in [7, 11) is 0. The molecule has 1 amide bonds. The van der Waals surface area contributed by atoms with E-state index in [0.717, 1.165) is 24.3 Å². The third-order valence-corrected chi connectivity index (χ3v) is 3.52. The molecule has 0 saturated carbocycles. The fraction of sp³-hybridized carbons (Fsp3) is 0.889. The van der Waals surface area contributed by atoms with Crippen LogP contribution in [-0.2, 0) is 4.79 Å². The van der Waals surface area contributed by atoms with Crippen molar-refractivity contribution in [1.29, 1.82) is 0 Å². The van der Waals surface area contributed by atoms with Gasteiger partial charge in [-0.1, -0.05) is 6.92 Å². The van der Waals surface area contributed by atoms with Gasteiger partial charge in [-0.2, -0.15) is 11.8 Å². The van der Waals surface area contributed by atoms with Gasteiger partial charge in [0.15, 0.2) is 0 Å². The van der Waals surface area contributed by atoms with Gasteiger partial charge in [-0.15, -0.1) is 0 Å². The number of thioether (sulfide) groups is 1. The van der Waals surface area contributed by atoms with Crippen molar-refractivity contribution in [3.63, 3.8) is 0 Å². The van der Waals surface area contributed by atoms with Crippen LogP contribution in [0.5, 0.6) is 0 Å². The zero-order valence-electron chi connectivity index (χ0n) is 7.95. The molecule has 0 spiro atoms. The smallest absolute Gasteiger partial charge is 0.224 e. The van der Waals surface area contributed by atoms with Crippen LogP contribution in [0.15, 0.2) is 0 Å². The van der Waals surface area contributed by atoms with Crippen LogP contribution in [0.1, 0.15) is 19.8 Å². The van der Waals surface area contributed by atoms with E-state index in [-0.39, 0.29) is 24.5 Å². The van der Waals surface area contributed by atoms with Gasteiger partial charge in [-0.25, -0.2) is 0 Å². The summed E-state index contributed by atoms with van der Waals surface area (Å²) in [6.45, 7) is 2.01. The second-order valence-electron chi connectivity index (χ2n) is 3.36. The molecule has 2 N–H and O–H groups in total. The fourth-order valence-corrected chi connectivity index (χ4v) is 2.56. The standard InChI is InChI=1S/C9H17NO2S/c1-2-8(5-11)10-9(12)7-3-4-13-6-7/h7-8,11H,2-6H2,1H3,(H,10,12)/t7?,8-/m1/s1. The SMILES string of the molecule is CC[C@H](CO)NC(=O)C1CCSC1. The van der Waals surface area contributed by atoms with Crippen LogP contribution in [0.2, 0.25) is 0 Å². The molecule has 0 bridgehead atoms. The van der Waals surface area contributed by atoms with E-state index >= 15 is 0 Å². The average molecular weight is 203 g/mol. The summed E-state index contributed by atoms with van der Waals surface area (Å²) in [6, 6.07) is -0.0573. The van der Waals surface area contributed by atoms with Crippen molar-refractivity contribution in [2.45, 2.75) is 25.8 Å². The topological polar surface area (TPSA) is 49.3 Å².